The van der Waals surface area contributed by atoms with Crippen LogP contribution in [-0.2, 0) is 4.74 Å². The molecule has 25 heavy (non-hydrogen) atoms. The Hall–Kier alpha value is -1.93. The van der Waals surface area contributed by atoms with Gasteiger partial charge in [0.1, 0.15) is 6.04 Å². The Morgan fingerprint density at radius 2 is 2.08 bits per heavy atom. The molecule has 3 heterocycles. The third-order valence-corrected chi connectivity index (χ3v) is 5.16. The van der Waals surface area contributed by atoms with Crippen molar-refractivity contribution in [3.63, 3.8) is 0 Å². The minimum atomic E-state index is -0.315. The highest BCUT2D eigenvalue weighted by atomic mass is 32.1. The van der Waals surface area contributed by atoms with E-state index < -0.39 is 0 Å². The fourth-order valence-corrected chi connectivity index (χ4v) is 3.59. The SMILES string of the molecule is Cc1ccc(NC(=O)NC(c2nc(C(C)C)no2)C2CCOCC2)s1. The number of aryl methyl sites for hydroxylation is 1. The van der Waals surface area contributed by atoms with Gasteiger partial charge in [-0.05, 0) is 37.8 Å². The van der Waals surface area contributed by atoms with Gasteiger partial charge in [0.2, 0.25) is 5.89 Å². The zero-order valence-electron chi connectivity index (χ0n) is 14.7. The molecule has 1 aliphatic rings. The van der Waals surface area contributed by atoms with E-state index in [1.807, 2.05) is 32.9 Å². The van der Waals surface area contributed by atoms with Gasteiger partial charge >= 0.3 is 6.03 Å². The van der Waals surface area contributed by atoms with Gasteiger partial charge in [0.15, 0.2) is 5.82 Å². The van der Waals surface area contributed by atoms with Crippen LogP contribution in [0, 0.1) is 12.8 Å². The number of ether oxygens (including phenoxy) is 1. The lowest BCUT2D eigenvalue weighted by Crippen LogP contribution is -2.38. The van der Waals surface area contributed by atoms with Gasteiger partial charge < -0.3 is 14.6 Å². The lowest BCUT2D eigenvalue weighted by atomic mass is 9.91. The molecular weight excluding hydrogens is 340 g/mol. The molecule has 0 spiro atoms. The summed E-state index contributed by atoms with van der Waals surface area (Å²) in [7, 11) is 0. The van der Waals surface area contributed by atoms with E-state index in [1.54, 1.807) is 0 Å². The maximum absolute atomic E-state index is 12.5. The van der Waals surface area contributed by atoms with Gasteiger partial charge in [0.05, 0.1) is 5.00 Å². The average Bonchev–Trinajstić information content (AvgIpc) is 3.23. The van der Waals surface area contributed by atoms with Crippen LogP contribution in [0.4, 0.5) is 9.80 Å². The molecule has 3 rings (SSSR count). The van der Waals surface area contributed by atoms with Crippen molar-refractivity contribution in [2.45, 2.75) is 45.6 Å². The van der Waals surface area contributed by atoms with Gasteiger partial charge in [-0.15, -0.1) is 11.3 Å². The van der Waals surface area contributed by atoms with Gasteiger partial charge in [-0.2, -0.15) is 4.98 Å². The Balaban J connectivity index is 1.74. The molecule has 2 aromatic heterocycles. The first-order chi connectivity index (χ1) is 12.0. The highest BCUT2D eigenvalue weighted by molar-refractivity contribution is 7.16. The Bertz CT molecular complexity index is 706. The predicted octanol–water partition coefficient (Wildman–Crippen LogP) is 3.85. The number of amides is 2. The molecule has 1 fully saturated rings. The minimum Gasteiger partial charge on any atom is -0.381 e. The van der Waals surface area contributed by atoms with Crippen LogP contribution in [0.2, 0.25) is 0 Å². The summed E-state index contributed by atoms with van der Waals surface area (Å²) in [5, 5.41) is 10.7. The minimum absolute atomic E-state index is 0.177. The molecular formula is C17H24N4O3S. The maximum Gasteiger partial charge on any atom is 0.320 e. The molecule has 1 atom stereocenters. The van der Waals surface area contributed by atoms with Crippen LogP contribution in [0.15, 0.2) is 16.7 Å². The molecule has 8 heteroatoms. The van der Waals surface area contributed by atoms with E-state index in [-0.39, 0.29) is 23.9 Å². The van der Waals surface area contributed by atoms with Gasteiger partial charge in [-0.25, -0.2) is 4.79 Å². The average molecular weight is 364 g/mol. The number of carbonyl (C=O) groups is 1. The summed E-state index contributed by atoms with van der Waals surface area (Å²) in [6, 6.07) is 3.29. The zero-order valence-corrected chi connectivity index (χ0v) is 15.6. The van der Waals surface area contributed by atoms with Crippen molar-refractivity contribution in [1.82, 2.24) is 15.5 Å². The second-order valence-corrected chi connectivity index (χ2v) is 7.87. The van der Waals surface area contributed by atoms with Gasteiger partial charge in [0, 0.05) is 24.0 Å². The Morgan fingerprint density at radius 3 is 2.68 bits per heavy atom. The first-order valence-corrected chi connectivity index (χ1v) is 9.39. The van der Waals surface area contributed by atoms with Crippen molar-refractivity contribution in [2.24, 2.45) is 5.92 Å². The quantitative estimate of drug-likeness (QED) is 0.841. The number of urea groups is 1. The van der Waals surface area contributed by atoms with Crippen LogP contribution in [0.5, 0.6) is 0 Å². The fourth-order valence-electron chi connectivity index (χ4n) is 2.83. The molecule has 1 aliphatic heterocycles. The van der Waals surface area contributed by atoms with Crippen LogP contribution in [0.3, 0.4) is 0 Å². The number of hydrogen-bond acceptors (Lipinski definition) is 6. The Morgan fingerprint density at radius 1 is 1.32 bits per heavy atom. The molecule has 136 valence electrons. The third kappa shape index (κ3) is 4.58. The predicted molar refractivity (Wildman–Crippen MR) is 95.9 cm³/mol. The lowest BCUT2D eigenvalue weighted by Gasteiger charge is -2.28. The molecule has 0 saturated carbocycles. The highest BCUT2D eigenvalue weighted by Gasteiger charge is 2.31. The normalized spacial score (nSPS) is 16.8. The summed E-state index contributed by atoms with van der Waals surface area (Å²) in [5.41, 5.74) is 0. The van der Waals surface area contributed by atoms with Crippen molar-refractivity contribution >= 4 is 22.4 Å². The lowest BCUT2D eigenvalue weighted by molar-refractivity contribution is 0.0506. The van der Waals surface area contributed by atoms with Crippen LogP contribution in [-0.4, -0.2) is 29.4 Å². The second-order valence-electron chi connectivity index (χ2n) is 6.58. The van der Waals surface area contributed by atoms with E-state index in [0.29, 0.717) is 24.9 Å². The molecule has 1 unspecified atom stereocenters. The summed E-state index contributed by atoms with van der Waals surface area (Å²) in [6.07, 6.45) is 1.70. The second kappa shape index (κ2) is 7.97. The number of thiophene rings is 1. The molecule has 0 bridgehead atoms. The van der Waals surface area contributed by atoms with E-state index in [9.17, 15) is 4.79 Å². The summed E-state index contributed by atoms with van der Waals surface area (Å²) in [6.45, 7) is 7.39. The molecule has 0 aromatic carbocycles. The van der Waals surface area contributed by atoms with Gasteiger partial charge in [-0.3, -0.25) is 5.32 Å². The largest absolute Gasteiger partial charge is 0.381 e. The van der Waals surface area contributed by atoms with Crippen LogP contribution in [0.25, 0.3) is 0 Å². The van der Waals surface area contributed by atoms with Crippen molar-refractivity contribution in [1.29, 1.82) is 0 Å². The van der Waals surface area contributed by atoms with E-state index in [1.165, 1.54) is 11.3 Å². The number of nitrogens with one attached hydrogen (secondary N) is 2. The maximum atomic E-state index is 12.5. The molecule has 2 N–H and O–H groups in total. The number of rotatable bonds is 5. The van der Waals surface area contributed by atoms with E-state index in [2.05, 4.69) is 20.8 Å². The Labute approximate surface area is 151 Å². The zero-order chi connectivity index (χ0) is 17.8. The molecule has 0 radical (unpaired) electrons. The fraction of sp³-hybridized carbons (Fsp3) is 0.588. The van der Waals surface area contributed by atoms with E-state index >= 15 is 0 Å². The van der Waals surface area contributed by atoms with Crippen LogP contribution >= 0.6 is 11.3 Å². The summed E-state index contributed by atoms with van der Waals surface area (Å²) >= 11 is 1.54. The van der Waals surface area contributed by atoms with Gasteiger partial charge in [-0.1, -0.05) is 19.0 Å². The number of carbonyl (C=O) groups excluding carboxylic acids is 1. The molecule has 0 aliphatic carbocycles. The van der Waals surface area contributed by atoms with E-state index in [0.717, 1.165) is 22.7 Å². The van der Waals surface area contributed by atoms with E-state index in [4.69, 9.17) is 9.26 Å². The third-order valence-electron chi connectivity index (χ3n) is 4.24. The van der Waals surface area contributed by atoms with Crippen molar-refractivity contribution in [3.8, 4) is 0 Å². The van der Waals surface area contributed by atoms with Crippen molar-refractivity contribution in [3.05, 3.63) is 28.7 Å². The Kier molecular flexibility index (Phi) is 5.70. The van der Waals surface area contributed by atoms with Crippen LogP contribution in [0.1, 0.15) is 55.2 Å². The van der Waals surface area contributed by atoms with Crippen molar-refractivity contribution in [2.75, 3.05) is 18.5 Å². The summed E-state index contributed by atoms with van der Waals surface area (Å²) in [5.74, 6) is 1.51. The molecule has 2 amide bonds. The smallest absolute Gasteiger partial charge is 0.320 e. The number of hydrogen-bond donors (Lipinski definition) is 2. The molecule has 7 nitrogen and oxygen atoms in total. The molecule has 1 saturated heterocycles. The summed E-state index contributed by atoms with van der Waals surface area (Å²) in [4.78, 5) is 18.1. The van der Waals surface area contributed by atoms with Crippen molar-refractivity contribution < 1.29 is 14.1 Å². The first-order valence-electron chi connectivity index (χ1n) is 8.58. The standard InChI is InChI=1S/C17H24N4O3S/c1-10(2)15-20-16(24-21-15)14(12-6-8-23-9-7-12)19-17(22)18-13-5-4-11(3)25-13/h4-5,10,12,14H,6-9H2,1-3H3,(H2,18,19,22). The summed E-state index contributed by atoms with van der Waals surface area (Å²) < 4.78 is 10.9. The topological polar surface area (TPSA) is 89.3 Å². The monoisotopic (exact) mass is 364 g/mol. The number of nitrogens with zero attached hydrogens (tertiary/aromatic N) is 2. The highest BCUT2D eigenvalue weighted by Crippen LogP contribution is 2.30. The number of aromatic nitrogens is 2. The first kappa shape index (κ1) is 17.9. The number of anilines is 1. The molecule has 2 aromatic rings. The van der Waals surface area contributed by atoms with Crippen LogP contribution < -0.4 is 10.6 Å². The van der Waals surface area contributed by atoms with Gasteiger partial charge in [0.25, 0.3) is 0 Å².